The molecule has 26 heavy (non-hydrogen) atoms. The molecule has 0 aliphatic carbocycles. The molecule has 0 aromatic heterocycles. The first kappa shape index (κ1) is 21.7. The molecule has 0 aliphatic rings. The summed E-state index contributed by atoms with van der Waals surface area (Å²) < 4.78 is 0. The highest BCUT2D eigenvalue weighted by atomic mass is 16.4. The maximum absolute atomic E-state index is 12.1. The lowest BCUT2D eigenvalue weighted by Crippen LogP contribution is -2.30. The lowest BCUT2D eigenvalue weighted by Gasteiger charge is -2.22. The molecule has 144 valence electrons. The van der Waals surface area contributed by atoms with Crippen molar-refractivity contribution in [2.24, 2.45) is 0 Å². The van der Waals surface area contributed by atoms with Crippen LogP contribution in [0.5, 0.6) is 0 Å². The highest BCUT2D eigenvalue weighted by Gasteiger charge is 2.20. The number of amides is 2. The van der Waals surface area contributed by atoms with Crippen LogP contribution in [-0.4, -0.2) is 29.4 Å². The van der Waals surface area contributed by atoms with Crippen LogP contribution in [-0.2, 0) is 19.8 Å². The molecular formula is C20H30N2O4. The Labute approximate surface area is 155 Å². The van der Waals surface area contributed by atoms with Gasteiger partial charge in [0.05, 0.1) is 12.5 Å². The van der Waals surface area contributed by atoms with Gasteiger partial charge in [-0.2, -0.15) is 0 Å². The zero-order valence-corrected chi connectivity index (χ0v) is 16.1. The molecule has 0 aliphatic heterocycles. The van der Waals surface area contributed by atoms with Crippen molar-refractivity contribution in [1.29, 1.82) is 0 Å². The molecule has 0 bridgehead atoms. The summed E-state index contributed by atoms with van der Waals surface area (Å²) in [6, 6.07) is 7.07. The average molecular weight is 362 g/mol. The van der Waals surface area contributed by atoms with Crippen LogP contribution in [0.25, 0.3) is 0 Å². The standard InChI is InChI=1S/C20H30N2O4/c1-5-21-17(23)7-6-8-18(24)22-16(13-19(25)26)14-9-11-15(12-10-14)20(2,3)4/h9-12,16H,5-8,13H2,1-4H3,(H,21,23)(H,22,24)(H,25,26). The van der Waals surface area contributed by atoms with E-state index in [0.29, 0.717) is 13.0 Å². The molecule has 0 spiro atoms. The Morgan fingerprint density at radius 2 is 1.62 bits per heavy atom. The molecule has 0 saturated heterocycles. The molecule has 0 saturated carbocycles. The van der Waals surface area contributed by atoms with Gasteiger partial charge in [0.2, 0.25) is 11.8 Å². The summed E-state index contributed by atoms with van der Waals surface area (Å²) in [5.41, 5.74) is 1.91. The van der Waals surface area contributed by atoms with E-state index < -0.39 is 12.0 Å². The van der Waals surface area contributed by atoms with Gasteiger partial charge in [0.15, 0.2) is 0 Å². The average Bonchev–Trinajstić information content (AvgIpc) is 2.53. The molecule has 3 N–H and O–H groups in total. The first-order chi connectivity index (χ1) is 12.1. The highest BCUT2D eigenvalue weighted by molar-refractivity contribution is 5.79. The molecule has 6 heteroatoms. The number of nitrogens with one attached hydrogen (secondary N) is 2. The largest absolute Gasteiger partial charge is 0.481 e. The summed E-state index contributed by atoms with van der Waals surface area (Å²) in [5.74, 6) is -1.31. The van der Waals surface area contributed by atoms with Crippen molar-refractivity contribution in [3.63, 3.8) is 0 Å². The minimum absolute atomic E-state index is 0.00311. The van der Waals surface area contributed by atoms with Crippen LogP contribution in [0.1, 0.15) is 70.5 Å². The molecule has 1 rings (SSSR count). The number of carbonyl (C=O) groups excluding carboxylic acids is 2. The molecule has 2 amide bonds. The fourth-order valence-corrected chi connectivity index (χ4v) is 2.60. The van der Waals surface area contributed by atoms with E-state index in [1.165, 1.54) is 0 Å². The Morgan fingerprint density at radius 1 is 1.04 bits per heavy atom. The summed E-state index contributed by atoms with van der Waals surface area (Å²) in [4.78, 5) is 34.7. The third-order valence-corrected chi connectivity index (χ3v) is 4.07. The minimum Gasteiger partial charge on any atom is -0.481 e. The smallest absolute Gasteiger partial charge is 0.305 e. The van der Waals surface area contributed by atoms with Crippen LogP contribution in [0.15, 0.2) is 24.3 Å². The number of carboxylic acid groups (broad SMARTS) is 1. The van der Waals surface area contributed by atoms with E-state index in [2.05, 4.69) is 31.4 Å². The zero-order valence-electron chi connectivity index (χ0n) is 16.1. The summed E-state index contributed by atoms with van der Waals surface area (Å²) >= 11 is 0. The normalized spacial score (nSPS) is 12.3. The second-order valence-electron chi connectivity index (χ2n) is 7.40. The zero-order chi connectivity index (χ0) is 19.7. The van der Waals surface area contributed by atoms with Crippen molar-refractivity contribution in [2.45, 2.75) is 64.8 Å². The number of carboxylic acids is 1. The van der Waals surface area contributed by atoms with E-state index in [1.54, 1.807) is 0 Å². The van der Waals surface area contributed by atoms with Crippen LogP contribution in [0, 0.1) is 0 Å². The summed E-state index contributed by atoms with van der Waals surface area (Å²) in [5, 5.41) is 14.6. The second kappa shape index (κ2) is 9.94. The van der Waals surface area contributed by atoms with Crippen LogP contribution < -0.4 is 10.6 Å². The first-order valence-electron chi connectivity index (χ1n) is 9.01. The van der Waals surface area contributed by atoms with Gasteiger partial charge >= 0.3 is 5.97 Å². The van der Waals surface area contributed by atoms with Gasteiger partial charge in [0, 0.05) is 19.4 Å². The van der Waals surface area contributed by atoms with Gasteiger partial charge in [0.25, 0.3) is 0 Å². The number of benzene rings is 1. The Balaban J connectivity index is 2.70. The van der Waals surface area contributed by atoms with E-state index in [9.17, 15) is 14.4 Å². The van der Waals surface area contributed by atoms with Gasteiger partial charge in [-0.1, -0.05) is 45.0 Å². The van der Waals surface area contributed by atoms with Crippen molar-refractivity contribution in [3.8, 4) is 0 Å². The Kier molecular flexibility index (Phi) is 8.29. The number of aliphatic carboxylic acids is 1. The lowest BCUT2D eigenvalue weighted by atomic mass is 9.86. The Hall–Kier alpha value is -2.37. The number of carbonyl (C=O) groups is 3. The predicted octanol–water partition coefficient (Wildman–Crippen LogP) is 2.92. The Bertz CT molecular complexity index is 618. The van der Waals surface area contributed by atoms with E-state index >= 15 is 0 Å². The van der Waals surface area contributed by atoms with Gasteiger partial charge in [-0.05, 0) is 29.9 Å². The molecule has 0 fully saturated rings. The van der Waals surface area contributed by atoms with E-state index in [0.717, 1.165) is 11.1 Å². The van der Waals surface area contributed by atoms with Crippen molar-refractivity contribution < 1.29 is 19.5 Å². The van der Waals surface area contributed by atoms with Crippen LogP contribution in [0.3, 0.4) is 0 Å². The molecule has 6 nitrogen and oxygen atoms in total. The van der Waals surface area contributed by atoms with Crippen molar-refractivity contribution in [2.75, 3.05) is 6.54 Å². The van der Waals surface area contributed by atoms with Crippen molar-refractivity contribution in [1.82, 2.24) is 10.6 Å². The van der Waals surface area contributed by atoms with Crippen LogP contribution in [0.2, 0.25) is 0 Å². The lowest BCUT2D eigenvalue weighted by molar-refractivity contribution is -0.137. The fraction of sp³-hybridized carbons (Fsp3) is 0.550. The monoisotopic (exact) mass is 362 g/mol. The van der Waals surface area contributed by atoms with E-state index in [1.807, 2.05) is 31.2 Å². The van der Waals surface area contributed by atoms with Crippen LogP contribution in [0.4, 0.5) is 0 Å². The van der Waals surface area contributed by atoms with Gasteiger partial charge in [-0.3, -0.25) is 14.4 Å². The molecule has 1 atom stereocenters. The quantitative estimate of drug-likeness (QED) is 0.629. The third-order valence-electron chi connectivity index (χ3n) is 4.07. The molecule has 0 heterocycles. The predicted molar refractivity (Wildman–Crippen MR) is 101 cm³/mol. The summed E-state index contributed by atoms with van der Waals surface area (Å²) in [7, 11) is 0. The van der Waals surface area contributed by atoms with E-state index in [-0.39, 0.29) is 36.5 Å². The number of rotatable bonds is 9. The maximum atomic E-state index is 12.1. The molecular weight excluding hydrogens is 332 g/mol. The maximum Gasteiger partial charge on any atom is 0.305 e. The fourth-order valence-electron chi connectivity index (χ4n) is 2.60. The first-order valence-corrected chi connectivity index (χ1v) is 9.01. The van der Waals surface area contributed by atoms with Gasteiger partial charge < -0.3 is 15.7 Å². The molecule has 1 aromatic carbocycles. The van der Waals surface area contributed by atoms with Crippen molar-refractivity contribution >= 4 is 17.8 Å². The summed E-state index contributed by atoms with van der Waals surface area (Å²) in [6.45, 7) is 8.72. The third kappa shape index (κ3) is 7.68. The van der Waals surface area contributed by atoms with Crippen LogP contribution >= 0.6 is 0 Å². The SMILES string of the molecule is CCNC(=O)CCCC(=O)NC(CC(=O)O)c1ccc(C(C)(C)C)cc1. The minimum atomic E-state index is -0.975. The van der Waals surface area contributed by atoms with Gasteiger partial charge in [0.1, 0.15) is 0 Å². The molecule has 0 radical (unpaired) electrons. The Morgan fingerprint density at radius 3 is 2.12 bits per heavy atom. The van der Waals surface area contributed by atoms with Crippen molar-refractivity contribution in [3.05, 3.63) is 35.4 Å². The highest BCUT2D eigenvalue weighted by Crippen LogP contribution is 2.25. The topological polar surface area (TPSA) is 95.5 Å². The molecule has 1 unspecified atom stereocenters. The van der Waals surface area contributed by atoms with Gasteiger partial charge in [-0.25, -0.2) is 0 Å². The summed E-state index contributed by atoms with van der Waals surface area (Å²) in [6.07, 6.45) is 0.718. The van der Waals surface area contributed by atoms with E-state index in [4.69, 9.17) is 5.11 Å². The number of hydrogen-bond acceptors (Lipinski definition) is 3. The van der Waals surface area contributed by atoms with Gasteiger partial charge in [-0.15, -0.1) is 0 Å². The number of hydrogen-bond donors (Lipinski definition) is 3. The second-order valence-corrected chi connectivity index (χ2v) is 7.40. The molecule has 1 aromatic rings.